The standard InChI is InChI=1S/C29H30N2O4/c1-20-10-14-22(15-11-20)26(29(32)33-3)34-18-6-7-19-35-28-24-8-4-5-9-25(24)30-27(31-28)23-16-12-21(2)13-17-23/h4-5,8-17,26H,6-7,18-19H2,1-3H3. The normalized spacial score (nSPS) is 11.9. The molecule has 1 unspecified atom stereocenters. The van der Waals surface area contributed by atoms with Gasteiger partial charge < -0.3 is 14.2 Å². The van der Waals surface area contributed by atoms with E-state index in [0.717, 1.165) is 40.4 Å². The van der Waals surface area contributed by atoms with E-state index in [1.54, 1.807) is 0 Å². The van der Waals surface area contributed by atoms with Crippen LogP contribution in [0.25, 0.3) is 22.3 Å². The van der Waals surface area contributed by atoms with Crippen molar-refractivity contribution >= 4 is 16.9 Å². The van der Waals surface area contributed by atoms with Gasteiger partial charge in [-0.15, -0.1) is 0 Å². The van der Waals surface area contributed by atoms with Gasteiger partial charge in [0.05, 0.1) is 24.6 Å². The fourth-order valence-corrected chi connectivity index (χ4v) is 3.71. The van der Waals surface area contributed by atoms with Gasteiger partial charge >= 0.3 is 5.97 Å². The van der Waals surface area contributed by atoms with Crippen molar-refractivity contribution in [2.75, 3.05) is 20.3 Å². The Labute approximate surface area is 205 Å². The molecular formula is C29H30N2O4. The van der Waals surface area contributed by atoms with Crippen LogP contribution in [-0.2, 0) is 14.3 Å². The van der Waals surface area contributed by atoms with Crippen LogP contribution in [0.15, 0.2) is 72.8 Å². The van der Waals surface area contributed by atoms with Gasteiger partial charge in [0.15, 0.2) is 11.9 Å². The number of methoxy groups -OCH3 is 1. The average molecular weight is 471 g/mol. The zero-order valence-electron chi connectivity index (χ0n) is 20.4. The molecule has 0 aliphatic heterocycles. The number of hydrogen-bond acceptors (Lipinski definition) is 6. The van der Waals surface area contributed by atoms with Crippen molar-refractivity contribution in [2.45, 2.75) is 32.8 Å². The maximum Gasteiger partial charge on any atom is 0.339 e. The molecule has 0 N–H and O–H groups in total. The van der Waals surface area contributed by atoms with Gasteiger partial charge in [0.1, 0.15) is 0 Å². The molecular weight excluding hydrogens is 440 g/mol. The van der Waals surface area contributed by atoms with Crippen LogP contribution < -0.4 is 4.74 Å². The molecule has 3 aromatic carbocycles. The average Bonchev–Trinajstić information content (AvgIpc) is 2.88. The van der Waals surface area contributed by atoms with Crippen molar-refractivity contribution in [2.24, 2.45) is 0 Å². The number of nitrogens with zero attached hydrogens (tertiary/aromatic N) is 2. The summed E-state index contributed by atoms with van der Waals surface area (Å²) in [6.07, 6.45) is 0.747. The molecule has 0 aliphatic carbocycles. The Kier molecular flexibility index (Phi) is 8.06. The lowest BCUT2D eigenvalue weighted by Crippen LogP contribution is -2.18. The number of para-hydroxylation sites is 1. The Balaban J connectivity index is 1.37. The summed E-state index contributed by atoms with van der Waals surface area (Å²) >= 11 is 0. The molecule has 1 atom stereocenters. The molecule has 4 aromatic rings. The van der Waals surface area contributed by atoms with Crippen molar-refractivity contribution in [1.82, 2.24) is 9.97 Å². The highest BCUT2D eigenvalue weighted by Gasteiger charge is 2.22. The first-order chi connectivity index (χ1) is 17.0. The third-order valence-electron chi connectivity index (χ3n) is 5.74. The van der Waals surface area contributed by atoms with E-state index >= 15 is 0 Å². The number of aromatic nitrogens is 2. The second kappa shape index (κ2) is 11.6. The van der Waals surface area contributed by atoms with E-state index in [4.69, 9.17) is 24.2 Å². The highest BCUT2D eigenvalue weighted by atomic mass is 16.6. The maximum absolute atomic E-state index is 12.2. The third kappa shape index (κ3) is 6.22. The first-order valence-electron chi connectivity index (χ1n) is 11.8. The zero-order chi connectivity index (χ0) is 24.6. The Morgan fingerprint density at radius 1 is 0.829 bits per heavy atom. The van der Waals surface area contributed by atoms with Gasteiger partial charge in [0.2, 0.25) is 5.88 Å². The van der Waals surface area contributed by atoms with Crippen LogP contribution in [-0.4, -0.2) is 36.3 Å². The number of rotatable bonds is 10. The van der Waals surface area contributed by atoms with Gasteiger partial charge in [-0.1, -0.05) is 71.8 Å². The fourth-order valence-electron chi connectivity index (χ4n) is 3.71. The largest absolute Gasteiger partial charge is 0.477 e. The minimum Gasteiger partial charge on any atom is -0.477 e. The van der Waals surface area contributed by atoms with Crippen molar-refractivity contribution in [3.63, 3.8) is 0 Å². The lowest BCUT2D eigenvalue weighted by atomic mass is 10.1. The number of benzene rings is 3. The van der Waals surface area contributed by atoms with Gasteiger partial charge in [0.25, 0.3) is 0 Å². The molecule has 6 heteroatoms. The van der Waals surface area contributed by atoms with Crippen molar-refractivity contribution in [3.8, 4) is 17.3 Å². The molecule has 0 radical (unpaired) electrons. The molecule has 4 rings (SSSR count). The number of esters is 1. The van der Waals surface area contributed by atoms with Gasteiger partial charge in [-0.25, -0.2) is 9.78 Å². The van der Waals surface area contributed by atoms with Crippen LogP contribution in [0.2, 0.25) is 0 Å². The summed E-state index contributed by atoms with van der Waals surface area (Å²) in [7, 11) is 1.37. The number of carbonyl (C=O) groups is 1. The minimum atomic E-state index is -0.732. The van der Waals surface area contributed by atoms with Crippen molar-refractivity contribution in [3.05, 3.63) is 89.5 Å². The Bertz CT molecular complexity index is 1270. The quantitative estimate of drug-likeness (QED) is 0.209. The third-order valence-corrected chi connectivity index (χ3v) is 5.74. The second-order valence-electron chi connectivity index (χ2n) is 8.48. The molecule has 0 amide bonds. The van der Waals surface area contributed by atoms with E-state index in [9.17, 15) is 4.79 Å². The summed E-state index contributed by atoms with van der Waals surface area (Å²) < 4.78 is 16.9. The predicted molar refractivity (Wildman–Crippen MR) is 136 cm³/mol. The smallest absolute Gasteiger partial charge is 0.339 e. The number of unbranched alkanes of at least 4 members (excludes halogenated alkanes) is 1. The summed E-state index contributed by atoms with van der Waals surface area (Å²) in [4.78, 5) is 21.6. The van der Waals surface area contributed by atoms with E-state index in [-0.39, 0.29) is 0 Å². The Morgan fingerprint density at radius 2 is 1.49 bits per heavy atom. The minimum absolute atomic E-state index is 0.402. The Hall–Kier alpha value is -3.77. The monoisotopic (exact) mass is 470 g/mol. The van der Waals surface area contributed by atoms with E-state index in [1.807, 2.05) is 79.7 Å². The lowest BCUT2D eigenvalue weighted by molar-refractivity contribution is -0.154. The second-order valence-corrected chi connectivity index (χ2v) is 8.48. The summed E-state index contributed by atoms with van der Waals surface area (Å²) in [5.41, 5.74) is 4.89. The topological polar surface area (TPSA) is 70.5 Å². The molecule has 180 valence electrons. The number of ether oxygens (including phenoxy) is 3. The van der Waals surface area contributed by atoms with E-state index < -0.39 is 12.1 Å². The van der Waals surface area contributed by atoms with Gasteiger partial charge in [-0.05, 0) is 44.4 Å². The fraction of sp³-hybridized carbons (Fsp3) is 0.276. The molecule has 1 aromatic heterocycles. The first-order valence-corrected chi connectivity index (χ1v) is 11.8. The van der Waals surface area contributed by atoms with E-state index in [1.165, 1.54) is 12.7 Å². The first kappa shape index (κ1) is 24.4. The van der Waals surface area contributed by atoms with Gasteiger partial charge in [-0.2, -0.15) is 4.98 Å². The number of fused-ring (bicyclic) bond motifs is 1. The van der Waals surface area contributed by atoms with E-state index in [2.05, 4.69) is 6.92 Å². The summed E-state index contributed by atoms with van der Waals surface area (Å²) in [6, 6.07) is 23.7. The number of hydrogen-bond donors (Lipinski definition) is 0. The van der Waals surface area contributed by atoms with Crippen LogP contribution >= 0.6 is 0 Å². The summed E-state index contributed by atoms with van der Waals surface area (Å²) in [5.74, 6) is 0.807. The van der Waals surface area contributed by atoms with Crippen LogP contribution in [0.3, 0.4) is 0 Å². The summed E-state index contributed by atoms with van der Waals surface area (Å²) in [6.45, 7) is 4.95. The van der Waals surface area contributed by atoms with Gasteiger partial charge in [0, 0.05) is 12.2 Å². The number of carbonyl (C=O) groups excluding carboxylic acids is 1. The highest BCUT2D eigenvalue weighted by Crippen LogP contribution is 2.27. The lowest BCUT2D eigenvalue weighted by Gasteiger charge is -2.16. The molecule has 1 heterocycles. The van der Waals surface area contributed by atoms with Crippen LogP contribution in [0.5, 0.6) is 5.88 Å². The molecule has 35 heavy (non-hydrogen) atoms. The molecule has 0 bridgehead atoms. The zero-order valence-corrected chi connectivity index (χ0v) is 20.4. The van der Waals surface area contributed by atoms with Crippen LogP contribution in [0.4, 0.5) is 0 Å². The maximum atomic E-state index is 12.2. The molecule has 0 saturated heterocycles. The molecule has 0 fully saturated rings. The molecule has 0 saturated carbocycles. The molecule has 0 spiro atoms. The molecule has 6 nitrogen and oxygen atoms in total. The van der Waals surface area contributed by atoms with Gasteiger partial charge in [-0.3, -0.25) is 0 Å². The highest BCUT2D eigenvalue weighted by molar-refractivity contribution is 5.85. The number of aryl methyl sites for hydroxylation is 2. The SMILES string of the molecule is COC(=O)C(OCCCCOc1nc(-c2ccc(C)cc2)nc2ccccc12)c1ccc(C)cc1. The van der Waals surface area contributed by atoms with Crippen molar-refractivity contribution in [1.29, 1.82) is 0 Å². The molecule has 0 aliphatic rings. The Morgan fingerprint density at radius 3 is 2.20 bits per heavy atom. The predicted octanol–water partition coefficient (Wildman–Crippen LogP) is 6.00. The van der Waals surface area contributed by atoms with E-state index in [0.29, 0.717) is 24.9 Å². The van der Waals surface area contributed by atoms with Crippen LogP contribution in [0, 0.1) is 13.8 Å². The van der Waals surface area contributed by atoms with Crippen LogP contribution in [0.1, 0.15) is 35.6 Å². The summed E-state index contributed by atoms with van der Waals surface area (Å²) in [5, 5.41) is 0.879. The van der Waals surface area contributed by atoms with Crippen molar-refractivity contribution < 1.29 is 19.0 Å².